The van der Waals surface area contributed by atoms with Gasteiger partial charge in [-0.2, -0.15) is 0 Å². The van der Waals surface area contributed by atoms with Crippen LogP contribution in [0.2, 0.25) is 0 Å². The minimum absolute atomic E-state index is 0.859. The zero-order valence-corrected chi connectivity index (χ0v) is 16.1. The van der Waals surface area contributed by atoms with Crippen molar-refractivity contribution in [3.8, 4) is 0 Å². The molecule has 0 bridgehead atoms. The van der Waals surface area contributed by atoms with Crippen LogP contribution in [0.5, 0.6) is 0 Å². The van der Waals surface area contributed by atoms with Gasteiger partial charge in [-0.05, 0) is 24.8 Å². The Morgan fingerprint density at radius 1 is 0.926 bits per heavy atom. The number of benzene rings is 1. The van der Waals surface area contributed by atoms with Crippen molar-refractivity contribution in [2.45, 2.75) is 44.8 Å². The predicted molar refractivity (Wildman–Crippen MR) is 108 cm³/mol. The topological polar surface area (TPSA) is 35.5 Å². The van der Waals surface area contributed by atoms with E-state index in [0.29, 0.717) is 0 Å². The van der Waals surface area contributed by atoms with Crippen LogP contribution >= 0.6 is 0 Å². The zero-order chi connectivity index (χ0) is 18.1. The van der Waals surface area contributed by atoms with Crippen molar-refractivity contribution >= 4 is 5.82 Å². The highest BCUT2D eigenvalue weighted by molar-refractivity contribution is 5.50. The summed E-state index contributed by atoms with van der Waals surface area (Å²) < 4.78 is 0. The molecule has 1 aliphatic carbocycles. The molecule has 142 valence electrons. The number of anilines is 1. The Morgan fingerprint density at radius 3 is 2.48 bits per heavy atom. The highest BCUT2D eigenvalue weighted by Crippen LogP contribution is 2.29. The Hall–Kier alpha value is -1.98. The molecule has 3 heterocycles. The van der Waals surface area contributed by atoms with Crippen molar-refractivity contribution in [2.24, 2.45) is 0 Å². The summed E-state index contributed by atoms with van der Waals surface area (Å²) in [5, 5.41) is 0. The van der Waals surface area contributed by atoms with Gasteiger partial charge in [0, 0.05) is 57.4 Å². The second-order valence-corrected chi connectivity index (χ2v) is 8.18. The first kappa shape index (κ1) is 17.1. The van der Waals surface area contributed by atoms with E-state index in [1.807, 2.05) is 0 Å². The lowest BCUT2D eigenvalue weighted by molar-refractivity contribution is 0.120. The third-order valence-electron chi connectivity index (χ3n) is 6.52. The normalized spacial score (nSPS) is 21.7. The summed E-state index contributed by atoms with van der Waals surface area (Å²) in [5.74, 6) is 1.20. The summed E-state index contributed by atoms with van der Waals surface area (Å²) in [4.78, 5) is 17.0. The van der Waals surface area contributed by atoms with Crippen LogP contribution in [-0.4, -0.2) is 58.5 Å². The lowest BCUT2D eigenvalue weighted by Gasteiger charge is -2.43. The van der Waals surface area contributed by atoms with Crippen molar-refractivity contribution in [3.63, 3.8) is 0 Å². The quantitative estimate of drug-likeness (QED) is 0.835. The minimum atomic E-state index is 0.859. The summed E-state index contributed by atoms with van der Waals surface area (Å²) >= 11 is 0. The molecule has 0 N–H and O–H groups in total. The van der Waals surface area contributed by atoms with Gasteiger partial charge in [-0.3, -0.25) is 9.80 Å². The van der Waals surface area contributed by atoms with Crippen LogP contribution in [0.1, 0.15) is 36.1 Å². The molecule has 0 radical (unpaired) electrons. The lowest BCUT2D eigenvalue weighted by atomic mass is 9.91. The molecule has 0 spiro atoms. The second-order valence-electron chi connectivity index (χ2n) is 8.18. The minimum Gasteiger partial charge on any atom is -0.354 e. The number of nitrogens with zero attached hydrogens (tertiary/aromatic N) is 5. The van der Waals surface area contributed by atoms with Crippen LogP contribution < -0.4 is 4.90 Å². The van der Waals surface area contributed by atoms with Gasteiger partial charge in [-0.15, -0.1) is 0 Å². The molecule has 0 atom stereocenters. The van der Waals surface area contributed by atoms with Crippen molar-refractivity contribution in [1.82, 2.24) is 19.8 Å². The van der Waals surface area contributed by atoms with Gasteiger partial charge in [-0.25, -0.2) is 9.97 Å². The Labute approximate surface area is 162 Å². The molecule has 2 fully saturated rings. The molecule has 0 amide bonds. The number of hydrogen-bond donors (Lipinski definition) is 0. The van der Waals surface area contributed by atoms with Gasteiger partial charge < -0.3 is 4.90 Å². The summed E-state index contributed by atoms with van der Waals surface area (Å²) in [6.07, 6.45) is 7.06. The van der Waals surface area contributed by atoms with Crippen molar-refractivity contribution in [3.05, 3.63) is 53.5 Å². The smallest absolute Gasteiger partial charge is 0.135 e. The molecule has 0 unspecified atom stereocenters. The maximum atomic E-state index is 4.71. The van der Waals surface area contributed by atoms with E-state index in [9.17, 15) is 0 Å². The molecule has 2 aliphatic heterocycles. The fourth-order valence-electron chi connectivity index (χ4n) is 4.69. The molecule has 3 aliphatic rings. The summed E-state index contributed by atoms with van der Waals surface area (Å²) in [6.45, 7) is 7.60. The van der Waals surface area contributed by atoms with Gasteiger partial charge >= 0.3 is 0 Å². The standard InChI is InChI=1S/C22H29N5/c1-2-5-18(6-3-1)15-25-10-9-20-21(16-25)23-17-24-22(20)27-13-11-26(12-14-27)19-7-4-8-19/h1-3,5-6,17,19H,4,7-16H2. The van der Waals surface area contributed by atoms with Crippen LogP contribution in [0, 0.1) is 0 Å². The summed E-state index contributed by atoms with van der Waals surface area (Å²) in [6, 6.07) is 11.6. The van der Waals surface area contributed by atoms with Gasteiger partial charge in [0.1, 0.15) is 12.1 Å². The van der Waals surface area contributed by atoms with E-state index in [4.69, 9.17) is 4.98 Å². The van der Waals surface area contributed by atoms with Gasteiger partial charge in [0.25, 0.3) is 0 Å². The average Bonchev–Trinajstić information content (AvgIpc) is 2.67. The Bertz CT molecular complexity index is 766. The maximum absolute atomic E-state index is 4.71. The summed E-state index contributed by atoms with van der Waals surface area (Å²) in [7, 11) is 0. The van der Waals surface area contributed by atoms with Gasteiger partial charge in [0.05, 0.1) is 5.69 Å². The maximum Gasteiger partial charge on any atom is 0.135 e. The molecule has 27 heavy (non-hydrogen) atoms. The van der Waals surface area contributed by atoms with E-state index in [0.717, 1.165) is 45.2 Å². The monoisotopic (exact) mass is 363 g/mol. The molecule has 1 saturated carbocycles. The highest BCUT2D eigenvalue weighted by Gasteiger charge is 2.30. The first-order chi connectivity index (χ1) is 13.4. The Morgan fingerprint density at radius 2 is 1.74 bits per heavy atom. The first-order valence-corrected chi connectivity index (χ1v) is 10.4. The molecule has 2 aromatic rings. The molecular weight excluding hydrogens is 334 g/mol. The highest BCUT2D eigenvalue weighted by atomic mass is 15.3. The number of aromatic nitrogens is 2. The molecule has 5 nitrogen and oxygen atoms in total. The van der Waals surface area contributed by atoms with E-state index in [2.05, 4.69) is 50.0 Å². The molecule has 5 heteroatoms. The molecule has 5 rings (SSSR count). The van der Waals surface area contributed by atoms with E-state index in [1.54, 1.807) is 6.33 Å². The van der Waals surface area contributed by atoms with Crippen molar-refractivity contribution in [1.29, 1.82) is 0 Å². The van der Waals surface area contributed by atoms with E-state index >= 15 is 0 Å². The predicted octanol–water partition coefficient (Wildman–Crippen LogP) is 2.71. The molecule has 1 aromatic carbocycles. The summed E-state index contributed by atoms with van der Waals surface area (Å²) in [5.41, 5.74) is 3.99. The second kappa shape index (κ2) is 7.56. The van der Waals surface area contributed by atoms with E-state index in [-0.39, 0.29) is 0 Å². The van der Waals surface area contributed by atoms with Gasteiger partial charge in [-0.1, -0.05) is 36.8 Å². The van der Waals surface area contributed by atoms with E-state index < -0.39 is 0 Å². The van der Waals surface area contributed by atoms with Gasteiger partial charge in [0.2, 0.25) is 0 Å². The Kier molecular flexibility index (Phi) is 4.80. The fraction of sp³-hybridized carbons (Fsp3) is 0.545. The lowest BCUT2D eigenvalue weighted by Crippen LogP contribution is -2.52. The zero-order valence-electron chi connectivity index (χ0n) is 16.1. The van der Waals surface area contributed by atoms with Crippen LogP contribution in [0.3, 0.4) is 0 Å². The molecular formula is C22H29N5. The van der Waals surface area contributed by atoms with Crippen LogP contribution in [0.15, 0.2) is 36.7 Å². The molecule has 1 aromatic heterocycles. The fourth-order valence-corrected chi connectivity index (χ4v) is 4.69. The SMILES string of the molecule is c1ccc(CN2CCc3c(ncnc3N3CCN(C4CCC4)CC3)C2)cc1. The molecule has 1 saturated heterocycles. The number of fused-ring (bicyclic) bond motifs is 1. The third kappa shape index (κ3) is 3.58. The third-order valence-corrected chi connectivity index (χ3v) is 6.52. The average molecular weight is 364 g/mol. The Balaban J connectivity index is 1.26. The number of piperazine rings is 1. The first-order valence-electron chi connectivity index (χ1n) is 10.4. The number of rotatable bonds is 4. The number of hydrogen-bond acceptors (Lipinski definition) is 5. The van der Waals surface area contributed by atoms with Crippen LogP contribution in [-0.2, 0) is 19.5 Å². The van der Waals surface area contributed by atoms with Crippen molar-refractivity contribution in [2.75, 3.05) is 37.6 Å². The van der Waals surface area contributed by atoms with Crippen LogP contribution in [0.25, 0.3) is 0 Å². The van der Waals surface area contributed by atoms with Crippen molar-refractivity contribution < 1.29 is 0 Å². The van der Waals surface area contributed by atoms with Crippen LogP contribution in [0.4, 0.5) is 5.82 Å². The van der Waals surface area contributed by atoms with E-state index in [1.165, 1.54) is 55.0 Å². The largest absolute Gasteiger partial charge is 0.354 e. The van der Waals surface area contributed by atoms with Gasteiger partial charge in [0.15, 0.2) is 0 Å².